The zero-order valence-electron chi connectivity index (χ0n) is 11.3. The molecule has 5 heteroatoms. The molecule has 0 fully saturated rings. The molecule has 0 aliphatic carbocycles. The Morgan fingerprint density at radius 2 is 2.00 bits per heavy atom. The van der Waals surface area contributed by atoms with Crippen LogP contribution in [-0.4, -0.2) is 29.9 Å². The number of likely N-dealkylation sites (N-methyl/N-ethyl adjacent to an activating group) is 1. The van der Waals surface area contributed by atoms with E-state index in [2.05, 4.69) is 10.3 Å². The molecule has 0 radical (unpaired) electrons. The molecule has 0 aliphatic rings. The fraction of sp³-hybridized carbons (Fsp3) is 0.286. The van der Waals surface area contributed by atoms with Crippen LogP contribution in [0.3, 0.4) is 0 Å². The zero-order chi connectivity index (χ0) is 13.8. The molecule has 1 aromatic carbocycles. The molecule has 1 N–H and O–H groups in total. The minimum Gasteiger partial charge on any atom is -0.300 e. The number of carbonyl (C=O) groups is 1. The van der Waals surface area contributed by atoms with Crippen molar-refractivity contribution in [3.8, 4) is 0 Å². The van der Waals surface area contributed by atoms with Crippen LogP contribution in [0, 0.1) is 6.92 Å². The molecular formula is C14H17N3OS. The number of aryl methyl sites for hydroxylation is 1. The highest BCUT2D eigenvalue weighted by Gasteiger charge is 2.23. The lowest BCUT2D eigenvalue weighted by molar-refractivity contribution is -0.120. The molecule has 1 atom stereocenters. The Balaban J connectivity index is 2.18. The number of aromatic nitrogens is 1. The maximum absolute atomic E-state index is 12.4. The van der Waals surface area contributed by atoms with Gasteiger partial charge in [-0.15, -0.1) is 11.3 Å². The van der Waals surface area contributed by atoms with E-state index in [0.717, 1.165) is 11.3 Å². The molecule has 19 heavy (non-hydrogen) atoms. The number of anilines is 1. The molecule has 0 saturated carbocycles. The highest BCUT2D eigenvalue weighted by molar-refractivity contribution is 7.13. The molecule has 4 nitrogen and oxygen atoms in total. The predicted molar refractivity (Wildman–Crippen MR) is 78.4 cm³/mol. The Morgan fingerprint density at radius 1 is 1.32 bits per heavy atom. The van der Waals surface area contributed by atoms with Crippen molar-refractivity contribution in [2.24, 2.45) is 0 Å². The van der Waals surface area contributed by atoms with Crippen molar-refractivity contribution in [2.45, 2.75) is 13.0 Å². The summed E-state index contributed by atoms with van der Waals surface area (Å²) in [5.41, 5.74) is 1.89. The van der Waals surface area contributed by atoms with Gasteiger partial charge in [0.15, 0.2) is 5.13 Å². The number of hydrogen-bond acceptors (Lipinski definition) is 4. The van der Waals surface area contributed by atoms with Crippen molar-refractivity contribution in [2.75, 3.05) is 19.4 Å². The molecule has 2 aromatic rings. The quantitative estimate of drug-likeness (QED) is 0.933. The molecule has 0 aliphatic heterocycles. The molecule has 1 amide bonds. The summed E-state index contributed by atoms with van der Waals surface area (Å²) >= 11 is 1.44. The van der Waals surface area contributed by atoms with Gasteiger partial charge >= 0.3 is 0 Å². The summed E-state index contributed by atoms with van der Waals surface area (Å²) in [6.07, 6.45) is 0. The van der Waals surface area contributed by atoms with E-state index < -0.39 is 0 Å². The molecular weight excluding hydrogens is 258 g/mol. The molecule has 2 rings (SSSR count). The number of rotatable bonds is 4. The molecule has 0 spiro atoms. The zero-order valence-corrected chi connectivity index (χ0v) is 12.1. The van der Waals surface area contributed by atoms with Crippen LogP contribution < -0.4 is 5.32 Å². The summed E-state index contributed by atoms with van der Waals surface area (Å²) in [7, 11) is 3.79. The van der Waals surface area contributed by atoms with Gasteiger partial charge in [-0.2, -0.15) is 0 Å². The number of thiazole rings is 1. The Hall–Kier alpha value is -1.72. The largest absolute Gasteiger partial charge is 0.300 e. The SMILES string of the molecule is Cc1csc(NC(=O)C(c2ccccc2)N(C)C)n1. The van der Waals surface area contributed by atoms with Crippen molar-refractivity contribution in [1.29, 1.82) is 0 Å². The standard InChI is InChI=1S/C14H17N3OS/c1-10-9-19-14(15-10)16-13(18)12(17(2)3)11-7-5-4-6-8-11/h4-9,12H,1-3H3,(H,15,16,18). The van der Waals surface area contributed by atoms with Gasteiger partial charge in [-0.3, -0.25) is 9.69 Å². The van der Waals surface area contributed by atoms with Crippen molar-refractivity contribution in [3.05, 3.63) is 47.0 Å². The van der Waals surface area contributed by atoms with Gasteiger partial charge in [-0.1, -0.05) is 30.3 Å². The average molecular weight is 275 g/mol. The van der Waals surface area contributed by atoms with Crippen LogP contribution >= 0.6 is 11.3 Å². The first-order valence-electron chi connectivity index (χ1n) is 6.02. The Kier molecular flexibility index (Phi) is 4.29. The maximum Gasteiger partial charge on any atom is 0.248 e. The van der Waals surface area contributed by atoms with E-state index in [1.54, 1.807) is 0 Å². The summed E-state index contributed by atoms with van der Waals surface area (Å²) in [6, 6.07) is 9.41. The highest BCUT2D eigenvalue weighted by Crippen LogP contribution is 2.21. The fourth-order valence-corrected chi connectivity index (χ4v) is 2.60. The van der Waals surface area contributed by atoms with Crippen LogP contribution in [0.25, 0.3) is 0 Å². The third-order valence-corrected chi connectivity index (χ3v) is 3.60. The summed E-state index contributed by atoms with van der Waals surface area (Å²) < 4.78 is 0. The number of benzene rings is 1. The first-order valence-corrected chi connectivity index (χ1v) is 6.90. The van der Waals surface area contributed by atoms with Gasteiger partial charge in [-0.05, 0) is 26.6 Å². The van der Waals surface area contributed by atoms with E-state index in [0.29, 0.717) is 5.13 Å². The van der Waals surface area contributed by atoms with Gasteiger partial charge in [0.2, 0.25) is 5.91 Å². The van der Waals surface area contributed by atoms with Crippen molar-refractivity contribution in [1.82, 2.24) is 9.88 Å². The summed E-state index contributed by atoms with van der Waals surface area (Å²) in [5, 5.41) is 5.43. The number of nitrogens with zero attached hydrogens (tertiary/aromatic N) is 2. The lowest BCUT2D eigenvalue weighted by Gasteiger charge is -2.23. The third-order valence-electron chi connectivity index (χ3n) is 2.73. The average Bonchev–Trinajstić information content (AvgIpc) is 2.75. The molecule has 1 heterocycles. The number of hydrogen-bond donors (Lipinski definition) is 1. The van der Waals surface area contributed by atoms with E-state index in [1.165, 1.54) is 11.3 Å². The smallest absolute Gasteiger partial charge is 0.248 e. The monoisotopic (exact) mass is 275 g/mol. The lowest BCUT2D eigenvalue weighted by Crippen LogP contribution is -2.32. The number of carbonyl (C=O) groups excluding carboxylic acids is 1. The summed E-state index contributed by atoms with van der Waals surface area (Å²) in [5.74, 6) is -0.0643. The van der Waals surface area contributed by atoms with Gasteiger partial charge in [0, 0.05) is 5.38 Å². The first kappa shape index (κ1) is 13.7. The van der Waals surface area contributed by atoms with Gasteiger partial charge in [0.05, 0.1) is 5.69 Å². The molecule has 0 saturated heterocycles. The summed E-state index contributed by atoms with van der Waals surface area (Å²) in [6.45, 7) is 1.91. The fourth-order valence-electron chi connectivity index (χ4n) is 1.90. The first-order chi connectivity index (χ1) is 9.08. The topological polar surface area (TPSA) is 45.2 Å². The second-order valence-corrected chi connectivity index (χ2v) is 5.42. The van der Waals surface area contributed by atoms with Gasteiger partial charge in [0.1, 0.15) is 6.04 Å². The van der Waals surface area contributed by atoms with E-state index in [-0.39, 0.29) is 11.9 Å². The minimum absolute atomic E-state index is 0.0643. The Morgan fingerprint density at radius 3 is 2.53 bits per heavy atom. The second-order valence-electron chi connectivity index (χ2n) is 4.56. The highest BCUT2D eigenvalue weighted by atomic mass is 32.1. The third kappa shape index (κ3) is 3.39. The van der Waals surface area contributed by atoms with Crippen molar-refractivity contribution >= 4 is 22.4 Å². The Bertz CT molecular complexity index is 551. The molecule has 1 aromatic heterocycles. The van der Waals surface area contributed by atoms with Gasteiger partial charge < -0.3 is 5.32 Å². The minimum atomic E-state index is -0.314. The summed E-state index contributed by atoms with van der Waals surface area (Å²) in [4.78, 5) is 18.5. The van der Waals surface area contributed by atoms with Crippen molar-refractivity contribution in [3.63, 3.8) is 0 Å². The predicted octanol–water partition coefficient (Wildman–Crippen LogP) is 2.69. The van der Waals surface area contributed by atoms with E-state index in [9.17, 15) is 4.79 Å². The second kappa shape index (κ2) is 5.95. The molecule has 0 bridgehead atoms. The molecule has 1 unspecified atom stereocenters. The molecule has 100 valence electrons. The van der Waals surface area contributed by atoms with E-state index in [1.807, 2.05) is 61.6 Å². The van der Waals surface area contributed by atoms with E-state index >= 15 is 0 Å². The van der Waals surface area contributed by atoms with Crippen LogP contribution in [0.4, 0.5) is 5.13 Å². The van der Waals surface area contributed by atoms with Crippen LogP contribution in [-0.2, 0) is 4.79 Å². The van der Waals surface area contributed by atoms with Gasteiger partial charge in [-0.25, -0.2) is 4.98 Å². The number of amides is 1. The van der Waals surface area contributed by atoms with Crippen LogP contribution in [0.15, 0.2) is 35.7 Å². The number of nitrogens with one attached hydrogen (secondary N) is 1. The Labute approximate surface area is 117 Å². The normalized spacial score (nSPS) is 12.4. The van der Waals surface area contributed by atoms with E-state index in [4.69, 9.17) is 0 Å². The maximum atomic E-state index is 12.4. The van der Waals surface area contributed by atoms with Crippen LogP contribution in [0.5, 0.6) is 0 Å². The lowest BCUT2D eigenvalue weighted by atomic mass is 10.1. The van der Waals surface area contributed by atoms with Crippen LogP contribution in [0.2, 0.25) is 0 Å². The van der Waals surface area contributed by atoms with Crippen LogP contribution in [0.1, 0.15) is 17.3 Å². The van der Waals surface area contributed by atoms with Crippen molar-refractivity contribution < 1.29 is 4.79 Å². The van der Waals surface area contributed by atoms with Gasteiger partial charge in [0.25, 0.3) is 0 Å².